The highest BCUT2D eigenvalue weighted by Crippen LogP contribution is 2.28. The predicted octanol–water partition coefficient (Wildman–Crippen LogP) is 4.32. The summed E-state index contributed by atoms with van der Waals surface area (Å²) in [5.74, 6) is 0.770. The summed E-state index contributed by atoms with van der Waals surface area (Å²) in [7, 11) is 1.58. The molecular weight excluding hydrogens is 432 g/mol. The van der Waals surface area contributed by atoms with Gasteiger partial charge in [-0.3, -0.25) is 14.6 Å². The molecule has 0 saturated heterocycles. The Morgan fingerprint density at radius 2 is 1.74 bits per heavy atom. The first-order valence-corrected chi connectivity index (χ1v) is 11.0. The molecule has 1 heterocycles. The van der Waals surface area contributed by atoms with Crippen molar-refractivity contribution in [3.05, 3.63) is 83.7 Å². The van der Waals surface area contributed by atoms with E-state index in [1.165, 1.54) is 6.20 Å². The predicted molar refractivity (Wildman–Crippen MR) is 131 cm³/mol. The van der Waals surface area contributed by atoms with Gasteiger partial charge in [0.1, 0.15) is 0 Å². The first-order valence-electron chi connectivity index (χ1n) is 11.0. The number of amides is 2. The lowest BCUT2D eigenvalue weighted by Crippen LogP contribution is -2.25. The molecule has 8 heteroatoms. The minimum Gasteiger partial charge on any atom is -0.493 e. The molecule has 0 fully saturated rings. The van der Waals surface area contributed by atoms with Gasteiger partial charge in [-0.1, -0.05) is 0 Å². The first kappa shape index (κ1) is 24.4. The SMILES string of the molecule is CCOc1cc(C(=N)CCCNC(=O)c2ccc(NC(=O)c3cccnc3)cc2)ccc1OC. The highest BCUT2D eigenvalue weighted by Gasteiger charge is 2.10. The zero-order chi connectivity index (χ0) is 24.3. The van der Waals surface area contributed by atoms with Crippen LogP contribution in [0.15, 0.2) is 67.0 Å². The summed E-state index contributed by atoms with van der Waals surface area (Å²) in [6.45, 7) is 2.85. The van der Waals surface area contributed by atoms with Gasteiger partial charge in [-0.2, -0.15) is 0 Å². The van der Waals surface area contributed by atoms with Gasteiger partial charge in [-0.05, 0) is 79.9 Å². The molecule has 2 amide bonds. The molecule has 0 bridgehead atoms. The van der Waals surface area contributed by atoms with Crippen LogP contribution in [0.25, 0.3) is 0 Å². The molecule has 0 unspecified atom stereocenters. The average molecular weight is 461 g/mol. The quantitative estimate of drug-likeness (QED) is 0.291. The summed E-state index contributed by atoms with van der Waals surface area (Å²) in [5, 5.41) is 14.0. The number of hydrogen-bond donors (Lipinski definition) is 3. The van der Waals surface area contributed by atoms with Crippen LogP contribution in [0.5, 0.6) is 11.5 Å². The third kappa shape index (κ3) is 6.65. The number of nitrogens with zero attached hydrogens (tertiary/aromatic N) is 1. The van der Waals surface area contributed by atoms with E-state index < -0.39 is 0 Å². The Labute approximate surface area is 198 Å². The van der Waals surface area contributed by atoms with Gasteiger partial charge in [0.25, 0.3) is 11.8 Å². The number of pyridine rings is 1. The fraction of sp³-hybridized carbons (Fsp3) is 0.231. The third-order valence-electron chi connectivity index (χ3n) is 5.03. The van der Waals surface area contributed by atoms with E-state index in [0.717, 1.165) is 5.56 Å². The molecule has 1 aromatic heterocycles. The molecule has 0 aliphatic carbocycles. The molecule has 0 aliphatic heterocycles. The first-order chi connectivity index (χ1) is 16.5. The van der Waals surface area contributed by atoms with E-state index in [0.29, 0.717) is 60.0 Å². The zero-order valence-corrected chi connectivity index (χ0v) is 19.3. The van der Waals surface area contributed by atoms with E-state index in [4.69, 9.17) is 14.9 Å². The van der Waals surface area contributed by atoms with E-state index in [1.807, 2.05) is 13.0 Å². The van der Waals surface area contributed by atoms with Crippen molar-refractivity contribution in [1.29, 1.82) is 5.41 Å². The van der Waals surface area contributed by atoms with Crippen LogP contribution in [0.3, 0.4) is 0 Å². The highest BCUT2D eigenvalue weighted by molar-refractivity contribution is 6.04. The second-order valence-electron chi connectivity index (χ2n) is 7.41. The van der Waals surface area contributed by atoms with Crippen molar-refractivity contribution in [3.63, 3.8) is 0 Å². The van der Waals surface area contributed by atoms with Crippen molar-refractivity contribution in [2.75, 3.05) is 25.6 Å². The molecule has 3 N–H and O–H groups in total. The van der Waals surface area contributed by atoms with Gasteiger partial charge in [-0.15, -0.1) is 0 Å². The topological polar surface area (TPSA) is 113 Å². The van der Waals surface area contributed by atoms with Gasteiger partial charge in [0.05, 0.1) is 19.3 Å². The van der Waals surface area contributed by atoms with Crippen LogP contribution in [0.4, 0.5) is 5.69 Å². The molecule has 3 rings (SSSR count). The average Bonchev–Trinajstić information content (AvgIpc) is 2.87. The Balaban J connectivity index is 1.45. The summed E-state index contributed by atoms with van der Waals surface area (Å²) in [4.78, 5) is 28.5. The van der Waals surface area contributed by atoms with Crippen molar-refractivity contribution in [2.24, 2.45) is 0 Å². The van der Waals surface area contributed by atoms with E-state index in [2.05, 4.69) is 15.6 Å². The molecule has 0 atom stereocenters. The highest BCUT2D eigenvalue weighted by atomic mass is 16.5. The molecule has 3 aromatic rings. The fourth-order valence-electron chi connectivity index (χ4n) is 3.25. The third-order valence-corrected chi connectivity index (χ3v) is 5.03. The second kappa shape index (κ2) is 12.2. The number of benzene rings is 2. The number of anilines is 1. The molecular formula is C26H28N4O4. The Bertz CT molecular complexity index is 1130. The lowest BCUT2D eigenvalue weighted by atomic mass is 10.0. The Morgan fingerprint density at radius 1 is 0.971 bits per heavy atom. The van der Waals surface area contributed by atoms with Crippen LogP contribution < -0.4 is 20.1 Å². The normalized spacial score (nSPS) is 10.3. The second-order valence-corrected chi connectivity index (χ2v) is 7.41. The van der Waals surface area contributed by atoms with Crippen molar-refractivity contribution >= 4 is 23.2 Å². The Hall–Kier alpha value is -4.20. The van der Waals surface area contributed by atoms with Gasteiger partial charge in [0, 0.05) is 35.9 Å². The summed E-state index contributed by atoms with van der Waals surface area (Å²) in [5.41, 5.74) is 2.76. The van der Waals surface area contributed by atoms with Crippen molar-refractivity contribution in [2.45, 2.75) is 19.8 Å². The number of nitrogens with one attached hydrogen (secondary N) is 3. The minimum absolute atomic E-state index is 0.209. The van der Waals surface area contributed by atoms with Crippen LogP contribution in [0.2, 0.25) is 0 Å². The van der Waals surface area contributed by atoms with Gasteiger partial charge >= 0.3 is 0 Å². The van der Waals surface area contributed by atoms with Crippen LogP contribution >= 0.6 is 0 Å². The van der Waals surface area contributed by atoms with E-state index >= 15 is 0 Å². The molecule has 176 valence electrons. The minimum atomic E-state index is -0.266. The fourth-order valence-corrected chi connectivity index (χ4v) is 3.25. The van der Waals surface area contributed by atoms with Gasteiger partial charge in [0.15, 0.2) is 11.5 Å². The number of rotatable bonds is 11. The number of methoxy groups -OCH3 is 1. The van der Waals surface area contributed by atoms with E-state index in [9.17, 15) is 9.59 Å². The number of carbonyl (C=O) groups is 2. The molecule has 8 nitrogen and oxygen atoms in total. The maximum atomic E-state index is 12.4. The van der Waals surface area contributed by atoms with Crippen LogP contribution in [-0.4, -0.2) is 42.8 Å². The van der Waals surface area contributed by atoms with E-state index in [-0.39, 0.29) is 11.8 Å². The van der Waals surface area contributed by atoms with Crippen molar-refractivity contribution in [3.8, 4) is 11.5 Å². The Morgan fingerprint density at radius 3 is 2.41 bits per heavy atom. The lowest BCUT2D eigenvalue weighted by Gasteiger charge is -2.12. The maximum Gasteiger partial charge on any atom is 0.257 e. The van der Waals surface area contributed by atoms with Gasteiger partial charge in [-0.25, -0.2) is 0 Å². The summed E-state index contributed by atoms with van der Waals surface area (Å²) in [6.07, 6.45) is 4.23. The van der Waals surface area contributed by atoms with Crippen LogP contribution in [0, 0.1) is 5.41 Å². The number of aromatic nitrogens is 1. The summed E-state index contributed by atoms with van der Waals surface area (Å²) >= 11 is 0. The van der Waals surface area contributed by atoms with Gasteiger partial charge in [0.2, 0.25) is 0 Å². The molecule has 0 radical (unpaired) electrons. The standard InChI is InChI=1S/C26H28N4O4/c1-3-34-24-16-19(10-13-23(24)33-2)22(27)7-5-15-29-25(31)18-8-11-21(12-9-18)30-26(32)20-6-4-14-28-17-20/h4,6,8-14,16-17,27H,3,5,7,15H2,1-2H3,(H,29,31)(H,30,32). The van der Waals surface area contributed by atoms with Crippen molar-refractivity contribution < 1.29 is 19.1 Å². The summed E-state index contributed by atoms with van der Waals surface area (Å²) < 4.78 is 10.9. The molecule has 2 aromatic carbocycles. The van der Waals surface area contributed by atoms with Crippen LogP contribution in [-0.2, 0) is 0 Å². The summed E-state index contributed by atoms with van der Waals surface area (Å²) in [6, 6.07) is 15.5. The number of hydrogen-bond acceptors (Lipinski definition) is 6. The largest absolute Gasteiger partial charge is 0.493 e. The zero-order valence-electron chi connectivity index (χ0n) is 19.3. The number of carbonyl (C=O) groups excluding carboxylic acids is 2. The molecule has 0 aliphatic rings. The smallest absolute Gasteiger partial charge is 0.257 e. The van der Waals surface area contributed by atoms with Crippen LogP contribution in [0.1, 0.15) is 46.0 Å². The monoisotopic (exact) mass is 460 g/mol. The molecule has 0 spiro atoms. The maximum absolute atomic E-state index is 12.4. The van der Waals surface area contributed by atoms with E-state index in [1.54, 1.807) is 61.8 Å². The number of ether oxygens (including phenoxy) is 2. The molecule has 0 saturated carbocycles. The van der Waals surface area contributed by atoms with Gasteiger partial charge < -0.3 is 25.5 Å². The Kier molecular flexibility index (Phi) is 8.73. The van der Waals surface area contributed by atoms with Crippen molar-refractivity contribution in [1.82, 2.24) is 10.3 Å². The lowest BCUT2D eigenvalue weighted by molar-refractivity contribution is 0.0952. The molecule has 34 heavy (non-hydrogen) atoms.